The Labute approximate surface area is 229 Å². The van der Waals surface area contributed by atoms with Crippen molar-refractivity contribution in [3.05, 3.63) is 78.0 Å². The standard InChI is InChI=1S/C28H30N4O8/c33-15-20-23(36)24(37)25(38)28(39-20)40-27-22-17(9-6-16-7-10-19(34)11-8-16)12-13-29-26(22)32(31-27)14-21(35)30-18-4-2-1-3-5-18/h1-5,7-8,10-13,20,23-25,28,33-34,36-38H,6,9,14-15H2,(H,30,35)/t20-,23-,24+,25-,28+/m1/s1. The molecule has 1 fully saturated rings. The summed E-state index contributed by atoms with van der Waals surface area (Å²) in [4.78, 5) is 17.3. The number of carbonyl (C=O) groups excluding carboxylic acids is 1. The Balaban J connectivity index is 1.47. The van der Waals surface area contributed by atoms with E-state index in [0.717, 1.165) is 11.1 Å². The molecule has 12 heteroatoms. The second-order valence-electron chi connectivity index (χ2n) is 9.53. The highest BCUT2D eigenvalue weighted by Gasteiger charge is 2.45. The number of nitrogens with one attached hydrogen (secondary N) is 1. The van der Waals surface area contributed by atoms with Crippen molar-refractivity contribution >= 4 is 22.6 Å². The smallest absolute Gasteiger partial charge is 0.246 e. The molecule has 4 aromatic rings. The number of para-hydroxylation sites is 1. The number of benzene rings is 2. The molecule has 1 amide bonds. The number of aliphatic hydroxyl groups is 4. The van der Waals surface area contributed by atoms with Crippen molar-refractivity contribution in [3.63, 3.8) is 0 Å². The fourth-order valence-corrected chi connectivity index (χ4v) is 4.60. The third kappa shape index (κ3) is 5.91. The van der Waals surface area contributed by atoms with Crippen LogP contribution in [-0.2, 0) is 28.9 Å². The van der Waals surface area contributed by atoms with Gasteiger partial charge in [0, 0.05) is 11.9 Å². The number of hydrogen-bond donors (Lipinski definition) is 6. The van der Waals surface area contributed by atoms with Crippen molar-refractivity contribution in [1.29, 1.82) is 0 Å². The molecule has 12 nitrogen and oxygen atoms in total. The normalized spacial score (nSPS) is 22.8. The summed E-state index contributed by atoms with van der Waals surface area (Å²) < 4.78 is 12.8. The van der Waals surface area contributed by atoms with Gasteiger partial charge in [0.25, 0.3) is 0 Å². The lowest BCUT2D eigenvalue weighted by Crippen LogP contribution is -2.60. The second kappa shape index (κ2) is 12.0. The van der Waals surface area contributed by atoms with Crippen molar-refractivity contribution in [3.8, 4) is 11.6 Å². The highest BCUT2D eigenvalue weighted by molar-refractivity contribution is 5.92. The molecular formula is C28H30N4O8. The molecule has 1 aliphatic heterocycles. The van der Waals surface area contributed by atoms with Gasteiger partial charge in [0.15, 0.2) is 5.65 Å². The SMILES string of the molecule is O=C(Cn1nc(O[C@@H]2O[C@H](CO)[C@@H](O)[C@H](O)[C@H]2O)c2c(CCc3ccc(O)cc3)ccnc21)Nc1ccccc1. The maximum absolute atomic E-state index is 12.8. The molecule has 0 saturated carbocycles. The van der Waals surface area contributed by atoms with Gasteiger partial charge in [-0.15, -0.1) is 5.10 Å². The van der Waals surface area contributed by atoms with Crippen molar-refractivity contribution in [2.45, 2.75) is 50.1 Å². The first-order valence-corrected chi connectivity index (χ1v) is 12.8. The van der Waals surface area contributed by atoms with E-state index in [0.29, 0.717) is 29.6 Å². The number of anilines is 1. The summed E-state index contributed by atoms with van der Waals surface area (Å²) in [6, 6.07) is 17.6. The van der Waals surface area contributed by atoms with Crippen LogP contribution in [0.15, 0.2) is 66.9 Å². The summed E-state index contributed by atoms with van der Waals surface area (Å²) in [5.74, 6) is -0.188. The van der Waals surface area contributed by atoms with Gasteiger partial charge in [0.05, 0.1) is 12.0 Å². The van der Waals surface area contributed by atoms with Crippen LogP contribution in [0, 0.1) is 0 Å². The number of rotatable bonds is 9. The predicted molar refractivity (Wildman–Crippen MR) is 143 cm³/mol. The molecule has 0 spiro atoms. The highest BCUT2D eigenvalue weighted by Crippen LogP contribution is 2.32. The molecule has 1 saturated heterocycles. The number of phenolic OH excluding ortho intramolecular Hbond substituents is 1. The van der Waals surface area contributed by atoms with E-state index in [4.69, 9.17) is 9.47 Å². The van der Waals surface area contributed by atoms with E-state index in [1.54, 1.807) is 48.7 Å². The molecule has 2 aromatic heterocycles. The monoisotopic (exact) mass is 550 g/mol. The summed E-state index contributed by atoms with van der Waals surface area (Å²) in [6.07, 6.45) is -4.72. The molecule has 210 valence electrons. The van der Waals surface area contributed by atoms with Gasteiger partial charge in [-0.25, -0.2) is 9.67 Å². The van der Waals surface area contributed by atoms with E-state index in [1.807, 2.05) is 18.2 Å². The number of hydrogen-bond acceptors (Lipinski definition) is 10. The van der Waals surface area contributed by atoms with Crippen LogP contribution in [0.4, 0.5) is 5.69 Å². The van der Waals surface area contributed by atoms with Gasteiger partial charge in [-0.3, -0.25) is 4.79 Å². The first kappa shape index (κ1) is 27.5. The molecule has 0 unspecified atom stereocenters. The van der Waals surface area contributed by atoms with E-state index < -0.39 is 37.3 Å². The zero-order valence-electron chi connectivity index (χ0n) is 21.4. The van der Waals surface area contributed by atoms with Gasteiger partial charge in [-0.05, 0) is 54.3 Å². The summed E-state index contributed by atoms with van der Waals surface area (Å²) in [6.45, 7) is -0.809. The van der Waals surface area contributed by atoms with Crippen molar-refractivity contribution in [2.24, 2.45) is 0 Å². The third-order valence-corrected chi connectivity index (χ3v) is 6.73. The fraction of sp³-hybridized carbons (Fsp3) is 0.321. The van der Waals surface area contributed by atoms with Crippen LogP contribution in [-0.4, -0.2) is 83.5 Å². The third-order valence-electron chi connectivity index (χ3n) is 6.73. The lowest BCUT2D eigenvalue weighted by atomic mass is 9.99. The number of fused-ring (bicyclic) bond motifs is 1. The minimum atomic E-state index is -1.64. The van der Waals surface area contributed by atoms with Crippen LogP contribution in [0.25, 0.3) is 11.0 Å². The molecule has 0 aliphatic carbocycles. The largest absolute Gasteiger partial charge is 0.508 e. The highest BCUT2D eigenvalue weighted by atomic mass is 16.7. The number of pyridine rings is 1. The predicted octanol–water partition coefficient (Wildman–Crippen LogP) is 0.740. The summed E-state index contributed by atoms with van der Waals surface area (Å²) in [5.41, 5.74) is 2.73. The summed E-state index contributed by atoms with van der Waals surface area (Å²) in [5, 5.41) is 57.8. The summed E-state index contributed by atoms with van der Waals surface area (Å²) >= 11 is 0. The number of ether oxygens (including phenoxy) is 2. The summed E-state index contributed by atoms with van der Waals surface area (Å²) in [7, 11) is 0. The maximum Gasteiger partial charge on any atom is 0.246 e. The van der Waals surface area contributed by atoms with Crippen LogP contribution < -0.4 is 10.1 Å². The second-order valence-corrected chi connectivity index (χ2v) is 9.53. The van der Waals surface area contributed by atoms with Crippen molar-refractivity contribution in [1.82, 2.24) is 14.8 Å². The first-order valence-electron chi connectivity index (χ1n) is 12.8. The minimum absolute atomic E-state index is 0.000599. The van der Waals surface area contributed by atoms with Crippen LogP contribution in [0.1, 0.15) is 11.1 Å². The molecule has 6 N–H and O–H groups in total. The van der Waals surface area contributed by atoms with Gasteiger partial charge < -0.3 is 40.3 Å². The Bertz CT molecular complexity index is 1440. The minimum Gasteiger partial charge on any atom is -0.508 e. The molecule has 5 atom stereocenters. The molecule has 2 aromatic carbocycles. The molecular weight excluding hydrogens is 520 g/mol. The Morgan fingerprint density at radius 1 is 0.975 bits per heavy atom. The van der Waals surface area contributed by atoms with E-state index >= 15 is 0 Å². The number of aromatic nitrogens is 3. The number of phenols is 1. The van der Waals surface area contributed by atoms with Crippen LogP contribution >= 0.6 is 0 Å². The topological polar surface area (TPSA) is 179 Å². The Kier molecular flexibility index (Phi) is 8.24. The number of amides is 1. The van der Waals surface area contributed by atoms with Gasteiger partial charge in [0.2, 0.25) is 18.1 Å². The van der Waals surface area contributed by atoms with E-state index in [2.05, 4.69) is 15.4 Å². The molecule has 1 aliphatic rings. The number of nitrogens with zero attached hydrogens (tertiary/aromatic N) is 3. The zero-order valence-corrected chi connectivity index (χ0v) is 21.4. The molecule has 0 radical (unpaired) electrons. The maximum atomic E-state index is 12.8. The number of aromatic hydroxyl groups is 1. The van der Waals surface area contributed by atoms with Gasteiger partial charge in [-0.2, -0.15) is 0 Å². The average molecular weight is 551 g/mol. The average Bonchev–Trinajstić information content (AvgIpc) is 3.30. The van der Waals surface area contributed by atoms with Crippen molar-refractivity contribution in [2.75, 3.05) is 11.9 Å². The number of aliphatic hydroxyl groups excluding tert-OH is 4. The number of carbonyl (C=O) groups is 1. The molecule has 3 heterocycles. The molecule has 40 heavy (non-hydrogen) atoms. The Morgan fingerprint density at radius 3 is 2.45 bits per heavy atom. The first-order chi connectivity index (χ1) is 19.3. The lowest BCUT2D eigenvalue weighted by molar-refractivity contribution is -0.278. The van der Waals surface area contributed by atoms with Crippen molar-refractivity contribution < 1.29 is 39.8 Å². The van der Waals surface area contributed by atoms with E-state index in [9.17, 15) is 30.3 Å². The van der Waals surface area contributed by atoms with Crippen LogP contribution in [0.5, 0.6) is 11.6 Å². The molecule has 0 bridgehead atoms. The molecule has 5 rings (SSSR count). The fourth-order valence-electron chi connectivity index (χ4n) is 4.60. The van der Waals surface area contributed by atoms with Crippen LogP contribution in [0.3, 0.4) is 0 Å². The van der Waals surface area contributed by atoms with Gasteiger partial charge >= 0.3 is 0 Å². The van der Waals surface area contributed by atoms with Gasteiger partial charge in [-0.1, -0.05) is 30.3 Å². The Hall–Kier alpha value is -4.07. The van der Waals surface area contributed by atoms with Crippen LogP contribution in [0.2, 0.25) is 0 Å². The zero-order chi connectivity index (χ0) is 28.2. The van der Waals surface area contributed by atoms with E-state index in [1.165, 1.54) is 4.68 Å². The van der Waals surface area contributed by atoms with Gasteiger partial charge in [0.1, 0.15) is 36.7 Å². The Morgan fingerprint density at radius 2 is 1.73 bits per heavy atom. The quantitative estimate of drug-likeness (QED) is 0.174. The lowest BCUT2D eigenvalue weighted by Gasteiger charge is -2.39. The van der Waals surface area contributed by atoms with E-state index in [-0.39, 0.29) is 24.1 Å². The number of aryl methyl sites for hydroxylation is 2.